The second-order valence-electron chi connectivity index (χ2n) is 6.19. The number of aryl methyl sites for hydroxylation is 1. The maximum Gasteiger partial charge on any atom is 0.251 e. The molecule has 1 aliphatic heterocycles. The van der Waals surface area contributed by atoms with Crippen LogP contribution in [-0.4, -0.2) is 78.3 Å². The number of morpholine rings is 1. The zero-order valence-electron chi connectivity index (χ0n) is 16.4. The fourth-order valence-electron chi connectivity index (χ4n) is 2.82. The number of halogens is 1. The summed E-state index contributed by atoms with van der Waals surface area (Å²) < 4.78 is 37.6. The molecule has 1 heterocycles. The molecule has 28 heavy (non-hydrogen) atoms. The van der Waals surface area contributed by atoms with Crippen LogP contribution in [0.2, 0.25) is 0 Å². The summed E-state index contributed by atoms with van der Waals surface area (Å²) in [5.74, 6) is -0.287. The average Bonchev–Trinajstić information content (AvgIpc) is 2.70. The quantitative estimate of drug-likeness (QED) is 0.524. The van der Waals surface area contributed by atoms with Crippen LogP contribution in [0.1, 0.15) is 22.8 Å². The largest absolute Gasteiger partial charge is 0.383 e. The van der Waals surface area contributed by atoms with Crippen molar-refractivity contribution < 1.29 is 22.7 Å². The molecule has 1 amide bonds. The molecule has 0 spiro atoms. The van der Waals surface area contributed by atoms with Crippen LogP contribution in [-0.2, 0) is 25.9 Å². The minimum atomic E-state index is -3.65. The second-order valence-corrected chi connectivity index (χ2v) is 8.10. The number of nitrogens with one attached hydrogen (secondary N) is 2. The Labute approximate surface area is 173 Å². The molecule has 2 rings (SSSR count). The zero-order chi connectivity index (χ0) is 19.7. The molecule has 0 atom stereocenters. The van der Waals surface area contributed by atoms with E-state index in [1.165, 1.54) is 10.4 Å². The van der Waals surface area contributed by atoms with Gasteiger partial charge in [-0.3, -0.25) is 4.79 Å². The van der Waals surface area contributed by atoms with Gasteiger partial charge in [-0.1, -0.05) is 13.0 Å². The topological polar surface area (TPSA) is 97.0 Å². The number of nitrogens with zero attached hydrogens (tertiary/aromatic N) is 1. The van der Waals surface area contributed by atoms with Crippen molar-refractivity contribution >= 4 is 28.3 Å². The minimum Gasteiger partial charge on any atom is -0.383 e. The van der Waals surface area contributed by atoms with Gasteiger partial charge in [0.1, 0.15) is 0 Å². The summed E-state index contributed by atoms with van der Waals surface area (Å²) in [7, 11) is -2.02. The smallest absolute Gasteiger partial charge is 0.251 e. The van der Waals surface area contributed by atoms with Crippen molar-refractivity contribution in [3.8, 4) is 0 Å². The molecule has 1 saturated heterocycles. The van der Waals surface area contributed by atoms with Crippen molar-refractivity contribution in [2.75, 3.05) is 59.7 Å². The molecule has 0 unspecified atom stereocenters. The van der Waals surface area contributed by atoms with E-state index in [0.717, 1.165) is 0 Å². The Kier molecular flexibility index (Phi) is 10.9. The lowest BCUT2D eigenvalue weighted by Gasteiger charge is -2.27. The predicted octanol–water partition coefficient (Wildman–Crippen LogP) is 0.658. The highest BCUT2D eigenvalue weighted by Crippen LogP contribution is 2.23. The molecule has 0 aromatic heterocycles. The monoisotopic (exact) mass is 435 g/mol. The van der Waals surface area contributed by atoms with E-state index in [9.17, 15) is 13.2 Å². The van der Waals surface area contributed by atoms with E-state index in [1.54, 1.807) is 19.2 Å². The average molecular weight is 436 g/mol. The van der Waals surface area contributed by atoms with E-state index >= 15 is 0 Å². The fraction of sp³-hybridized carbons (Fsp3) is 0.611. The highest BCUT2D eigenvalue weighted by Gasteiger charge is 2.28. The maximum atomic E-state index is 13.0. The first kappa shape index (κ1) is 24.8. The van der Waals surface area contributed by atoms with E-state index in [0.29, 0.717) is 70.1 Å². The minimum absolute atomic E-state index is 0. The van der Waals surface area contributed by atoms with Crippen LogP contribution in [0.15, 0.2) is 23.1 Å². The molecule has 8 nitrogen and oxygen atoms in total. The van der Waals surface area contributed by atoms with Crippen LogP contribution in [0.4, 0.5) is 0 Å². The molecule has 0 radical (unpaired) electrons. The third kappa shape index (κ3) is 6.68. The number of hydrogen-bond donors (Lipinski definition) is 2. The van der Waals surface area contributed by atoms with Gasteiger partial charge in [0.15, 0.2) is 0 Å². The Hall–Kier alpha value is -1.23. The van der Waals surface area contributed by atoms with Gasteiger partial charge in [-0.25, -0.2) is 8.42 Å². The summed E-state index contributed by atoms with van der Waals surface area (Å²) >= 11 is 0. The lowest BCUT2D eigenvalue weighted by Crippen LogP contribution is -2.41. The Balaban J connectivity index is 0.00000392. The molecule has 2 N–H and O–H groups in total. The molecular formula is C18H30ClN3O5S. The van der Waals surface area contributed by atoms with Crippen molar-refractivity contribution in [1.82, 2.24) is 14.9 Å². The number of carbonyl (C=O) groups excluding carboxylic acids is 1. The standard InChI is InChI=1S/C18H29N3O5S.ClH/c1-3-15-4-5-16(18(22)20-7-6-19-8-11-25-2)14-17(15)27(23,24)21-9-12-26-13-10-21;/h4-5,14,19H,3,6-13H2,1-2H3,(H,20,22);1H. The Morgan fingerprint density at radius 1 is 1.21 bits per heavy atom. The van der Waals surface area contributed by atoms with Gasteiger partial charge in [0, 0.05) is 45.4 Å². The van der Waals surface area contributed by atoms with E-state index in [2.05, 4.69) is 10.6 Å². The highest BCUT2D eigenvalue weighted by molar-refractivity contribution is 7.89. The summed E-state index contributed by atoms with van der Waals surface area (Å²) in [4.78, 5) is 12.6. The van der Waals surface area contributed by atoms with Crippen molar-refractivity contribution in [1.29, 1.82) is 0 Å². The summed E-state index contributed by atoms with van der Waals surface area (Å²) in [6, 6.07) is 4.88. The summed E-state index contributed by atoms with van der Waals surface area (Å²) in [5, 5.41) is 5.94. The maximum absolute atomic E-state index is 13.0. The third-order valence-electron chi connectivity index (χ3n) is 4.37. The van der Waals surface area contributed by atoms with Crippen molar-refractivity contribution in [2.45, 2.75) is 18.2 Å². The summed E-state index contributed by atoms with van der Waals surface area (Å²) in [5.41, 5.74) is 1.05. The lowest BCUT2D eigenvalue weighted by molar-refractivity contribution is 0.0730. The van der Waals surface area contributed by atoms with Gasteiger partial charge in [0.05, 0.1) is 24.7 Å². The predicted molar refractivity (Wildman–Crippen MR) is 110 cm³/mol. The molecule has 1 aromatic carbocycles. The van der Waals surface area contributed by atoms with Gasteiger partial charge < -0.3 is 20.1 Å². The number of ether oxygens (including phenoxy) is 2. The number of hydrogen-bond acceptors (Lipinski definition) is 6. The van der Waals surface area contributed by atoms with Crippen LogP contribution in [0, 0.1) is 0 Å². The van der Waals surface area contributed by atoms with E-state index in [1.807, 2.05) is 6.92 Å². The highest BCUT2D eigenvalue weighted by atomic mass is 35.5. The molecule has 1 aromatic rings. The molecule has 0 saturated carbocycles. The molecule has 1 aliphatic rings. The summed E-state index contributed by atoms with van der Waals surface area (Å²) in [6.45, 7) is 5.70. The van der Waals surface area contributed by atoms with Crippen molar-refractivity contribution in [2.24, 2.45) is 0 Å². The van der Waals surface area contributed by atoms with Gasteiger partial charge >= 0.3 is 0 Å². The SMILES string of the molecule is CCc1ccc(C(=O)NCCNCCOC)cc1S(=O)(=O)N1CCOCC1.Cl. The third-order valence-corrected chi connectivity index (χ3v) is 6.35. The van der Waals surface area contributed by atoms with Crippen LogP contribution >= 0.6 is 12.4 Å². The number of benzene rings is 1. The fourth-order valence-corrected chi connectivity index (χ4v) is 4.55. The molecule has 0 bridgehead atoms. The first-order chi connectivity index (χ1) is 13.0. The molecule has 10 heteroatoms. The summed E-state index contributed by atoms with van der Waals surface area (Å²) in [6.07, 6.45) is 0.574. The van der Waals surface area contributed by atoms with Gasteiger partial charge in [-0.05, 0) is 24.1 Å². The first-order valence-corrected chi connectivity index (χ1v) is 10.6. The van der Waals surface area contributed by atoms with E-state index in [4.69, 9.17) is 9.47 Å². The van der Waals surface area contributed by atoms with Gasteiger partial charge in [0.25, 0.3) is 5.91 Å². The first-order valence-electron chi connectivity index (χ1n) is 9.19. The second kappa shape index (κ2) is 12.4. The van der Waals surface area contributed by atoms with E-state index in [-0.39, 0.29) is 23.2 Å². The van der Waals surface area contributed by atoms with Gasteiger partial charge in [-0.2, -0.15) is 4.31 Å². The van der Waals surface area contributed by atoms with Crippen molar-refractivity contribution in [3.05, 3.63) is 29.3 Å². The molecule has 1 fully saturated rings. The van der Waals surface area contributed by atoms with Crippen LogP contribution in [0.25, 0.3) is 0 Å². The van der Waals surface area contributed by atoms with Crippen LogP contribution in [0.5, 0.6) is 0 Å². The van der Waals surface area contributed by atoms with Gasteiger partial charge in [-0.15, -0.1) is 12.4 Å². The zero-order valence-corrected chi connectivity index (χ0v) is 18.0. The molecule has 160 valence electrons. The Morgan fingerprint density at radius 3 is 2.57 bits per heavy atom. The lowest BCUT2D eigenvalue weighted by atomic mass is 10.1. The number of rotatable bonds is 10. The van der Waals surface area contributed by atoms with Crippen molar-refractivity contribution in [3.63, 3.8) is 0 Å². The number of sulfonamides is 1. The normalized spacial score (nSPS) is 15.1. The molecular weight excluding hydrogens is 406 g/mol. The molecule has 0 aliphatic carbocycles. The van der Waals surface area contributed by atoms with E-state index < -0.39 is 10.0 Å². The van der Waals surface area contributed by atoms with Gasteiger partial charge in [0.2, 0.25) is 10.0 Å². The number of methoxy groups -OCH3 is 1. The number of amides is 1. The van der Waals surface area contributed by atoms with Crippen LogP contribution in [0.3, 0.4) is 0 Å². The Morgan fingerprint density at radius 2 is 1.93 bits per heavy atom. The Bertz CT molecular complexity index is 724. The van der Waals surface area contributed by atoms with Crippen LogP contribution < -0.4 is 10.6 Å². The number of carbonyl (C=O) groups is 1.